The summed E-state index contributed by atoms with van der Waals surface area (Å²) in [5.74, 6) is 1.61. The van der Waals surface area contributed by atoms with Crippen LogP contribution in [-0.4, -0.2) is 22.0 Å². The number of thiazole rings is 1. The van der Waals surface area contributed by atoms with Crippen molar-refractivity contribution in [1.29, 1.82) is 0 Å². The molecular formula is C29H17ClN2O6S. The van der Waals surface area contributed by atoms with Gasteiger partial charge in [-0.1, -0.05) is 28.9 Å². The molecule has 7 rings (SSSR count). The van der Waals surface area contributed by atoms with Crippen molar-refractivity contribution < 1.29 is 23.5 Å². The molecule has 1 aliphatic heterocycles. The lowest BCUT2D eigenvalue weighted by Gasteiger charge is -2.08. The number of aromatic hydroxyl groups is 1. The summed E-state index contributed by atoms with van der Waals surface area (Å²) in [5, 5.41) is 18.7. The molecule has 0 atom stereocenters. The van der Waals surface area contributed by atoms with Crippen molar-refractivity contribution >= 4 is 33.9 Å². The molecular weight excluding hydrogens is 540 g/mol. The standard InChI is InChI=1S/C29H17ClN2O6S/c1-14-25(15-2-5-17(30)6-3-15)27(38-32-14)18-7-9-22-19(26(18)33)11-20(29(34)37-22)28-31-21(12-39-28)16-4-8-23-24(10-16)36-13-35-23/h2-12,33H,13H2,1H3. The van der Waals surface area contributed by atoms with Gasteiger partial charge in [0.1, 0.15) is 16.3 Å². The van der Waals surface area contributed by atoms with E-state index in [-0.39, 0.29) is 23.7 Å². The molecule has 8 nitrogen and oxygen atoms in total. The summed E-state index contributed by atoms with van der Waals surface area (Å²) in [6.45, 7) is 2.01. The van der Waals surface area contributed by atoms with Crippen molar-refractivity contribution in [2.24, 2.45) is 0 Å². The van der Waals surface area contributed by atoms with E-state index in [0.717, 1.165) is 16.7 Å². The lowest BCUT2D eigenvalue weighted by molar-refractivity contribution is 0.174. The van der Waals surface area contributed by atoms with Crippen molar-refractivity contribution in [2.45, 2.75) is 6.92 Å². The molecule has 0 fully saturated rings. The zero-order valence-electron chi connectivity index (χ0n) is 20.2. The monoisotopic (exact) mass is 556 g/mol. The number of phenolic OH excluding ortho intramolecular Hbond substituents is 1. The number of phenols is 1. The molecule has 6 aromatic rings. The maximum atomic E-state index is 12.9. The molecule has 0 unspecified atom stereocenters. The van der Waals surface area contributed by atoms with Gasteiger partial charge in [-0.3, -0.25) is 0 Å². The fraction of sp³-hybridized carbons (Fsp3) is 0.0690. The summed E-state index contributed by atoms with van der Waals surface area (Å²) in [4.78, 5) is 17.6. The van der Waals surface area contributed by atoms with E-state index in [4.69, 9.17) is 30.0 Å². The number of halogens is 1. The molecule has 39 heavy (non-hydrogen) atoms. The van der Waals surface area contributed by atoms with Crippen LogP contribution in [0.5, 0.6) is 17.2 Å². The molecule has 0 saturated carbocycles. The topological polar surface area (TPSA) is 108 Å². The minimum atomic E-state index is -0.557. The zero-order chi connectivity index (χ0) is 26.7. The van der Waals surface area contributed by atoms with Crippen molar-refractivity contribution in [3.8, 4) is 61.5 Å². The second kappa shape index (κ2) is 9.00. The number of nitrogens with zero attached hydrogens (tertiary/aromatic N) is 2. The largest absolute Gasteiger partial charge is 0.506 e. The Morgan fingerprint density at radius 2 is 1.74 bits per heavy atom. The van der Waals surface area contributed by atoms with Crippen molar-refractivity contribution in [3.05, 3.63) is 87.2 Å². The van der Waals surface area contributed by atoms with E-state index in [9.17, 15) is 9.90 Å². The first-order valence-electron chi connectivity index (χ1n) is 11.8. The van der Waals surface area contributed by atoms with Gasteiger partial charge in [0, 0.05) is 16.0 Å². The molecule has 0 spiro atoms. The van der Waals surface area contributed by atoms with Crippen LogP contribution in [0.25, 0.3) is 55.2 Å². The van der Waals surface area contributed by atoms with Crippen LogP contribution in [0.4, 0.5) is 0 Å². The second-order valence-electron chi connectivity index (χ2n) is 8.91. The minimum Gasteiger partial charge on any atom is -0.506 e. The average Bonchev–Trinajstić information content (AvgIpc) is 3.69. The highest BCUT2D eigenvalue weighted by atomic mass is 35.5. The lowest BCUT2D eigenvalue weighted by Crippen LogP contribution is -2.02. The Hall–Kier alpha value is -4.60. The molecule has 1 N–H and O–H groups in total. The molecule has 0 saturated heterocycles. The summed E-state index contributed by atoms with van der Waals surface area (Å²) in [5.41, 5.74) is 4.06. The Morgan fingerprint density at radius 1 is 0.949 bits per heavy atom. The van der Waals surface area contributed by atoms with Gasteiger partial charge in [0.25, 0.3) is 0 Å². The summed E-state index contributed by atoms with van der Waals surface area (Å²) in [6.07, 6.45) is 0. The molecule has 1 aliphatic rings. The van der Waals surface area contributed by atoms with Crippen LogP contribution in [0.15, 0.2) is 79.8 Å². The second-order valence-corrected chi connectivity index (χ2v) is 10.2. The normalized spacial score (nSPS) is 12.4. The van der Waals surface area contributed by atoms with Gasteiger partial charge in [-0.05, 0) is 61.0 Å². The van der Waals surface area contributed by atoms with Crippen molar-refractivity contribution in [3.63, 3.8) is 0 Å². The van der Waals surface area contributed by atoms with Crippen molar-refractivity contribution in [1.82, 2.24) is 10.1 Å². The Labute approximate surface area is 229 Å². The van der Waals surface area contributed by atoms with E-state index in [1.807, 2.05) is 42.6 Å². The highest BCUT2D eigenvalue weighted by Crippen LogP contribution is 2.43. The van der Waals surface area contributed by atoms with Crippen LogP contribution in [-0.2, 0) is 0 Å². The predicted octanol–water partition coefficient (Wildman–Crippen LogP) is 7.30. The fourth-order valence-corrected chi connectivity index (χ4v) is 5.56. The first-order chi connectivity index (χ1) is 19.0. The lowest BCUT2D eigenvalue weighted by atomic mass is 9.98. The van der Waals surface area contributed by atoms with Crippen LogP contribution in [0.1, 0.15) is 5.69 Å². The molecule has 0 amide bonds. The Morgan fingerprint density at radius 3 is 2.59 bits per heavy atom. The smallest absolute Gasteiger partial charge is 0.346 e. The van der Waals surface area contributed by atoms with Gasteiger partial charge in [0.05, 0.1) is 33.5 Å². The summed E-state index contributed by atoms with van der Waals surface area (Å²) in [7, 11) is 0. The maximum Gasteiger partial charge on any atom is 0.346 e. The molecule has 3 aromatic heterocycles. The number of aromatic nitrogens is 2. The Kier molecular flexibility index (Phi) is 5.43. The quantitative estimate of drug-likeness (QED) is 0.225. The number of rotatable bonds is 4. The SMILES string of the molecule is Cc1noc(-c2ccc3oc(=O)c(-c4nc(-c5ccc6c(c5)OCO6)cs4)cc3c2O)c1-c1ccc(Cl)cc1. The number of benzene rings is 3. The van der Waals surface area contributed by atoms with Gasteiger partial charge in [-0.2, -0.15) is 0 Å². The third kappa shape index (κ3) is 3.94. The average molecular weight is 557 g/mol. The van der Waals surface area contributed by atoms with Crippen LogP contribution in [0.2, 0.25) is 5.02 Å². The Bertz CT molecular complexity index is 1960. The first-order valence-corrected chi connectivity index (χ1v) is 13.1. The summed E-state index contributed by atoms with van der Waals surface area (Å²) < 4.78 is 22.1. The van der Waals surface area contributed by atoms with Gasteiger partial charge in [-0.15, -0.1) is 11.3 Å². The van der Waals surface area contributed by atoms with Gasteiger partial charge in [0.2, 0.25) is 6.79 Å². The molecule has 4 heterocycles. The maximum absolute atomic E-state index is 12.9. The number of aryl methyl sites for hydroxylation is 1. The highest BCUT2D eigenvalue weighted by molar-refractivity contribution is 7.13. The van der Waals surface area contributed by atoms with E-state index >= 15 is 0 Å². The van der Waals surface area contributed by atoms with Crippen molar-refractivity contribution in [2.75, 3.05) is 6.79 Å². The third-order valence-corrected chi connectivity index (χ3v) is 7.66. The molecule has 10 heteroatoms. The van der Waals surface area contributed by atoms with E-state index in [0.29, 0.717) is 49.6 Å². The molecule has 3 aromatic carbocycles. The van der Waals surface area contributed by atoms with Crippen LogP contribution in [0, 0.1) is 6.92 Å². The zero-order valence-corrected chi connectivity index (χ0v) is 21.8. The van der Waals surface area contributed by atoms with Gasteiger partial charge < -0.3 is 23.5 Å². The molecule has 0 radical (unpaired) electrons. The van der Waals surface area contributed by atoms with E-state index < -0.39 is 5.63 Å². The highest BCUT2D eigenvalue weighted by Gasteiger charge is 2.23. The number of hydrogen-bond acceptors (Lipinski definition) is 9. The van der Waals surface area contributed by atoms with Gasteiger partial charge in [-0.25, -0.2) is 9.78 Å². The fourth-order valence-electron chi connectivity index (χ4n) is 4.60. The minimum absolute atomic E-state index is 0.101. The van der Waals surface area contributed by atoms with E-state index in [1.165, 1.54) is 11.3 Å². The van der Waals surface area contributed by atoms with Gasteiger partial charge >= 0.3 is 5.63 Å². The van der Waals surface area contributed by atoms with E-state index in [1.54, 1.807) is 30.3 Å². The van der Waals surface area contributed by atoms with Crippen LogP contribution in [0.3, 0.4) is 0 Å². The first kappa shape index (κ1) is 23.5. The van der Waals surface area contributed by atoms with Crippen LogP contribution >= 0.6 is 22.9 Å². The predicted molar refractivity (Wildman–Crippen MR) is 147 cm³/mol. The molecule has 0 aliphatic carbocycles. The number of hydrogen-bond donors (Lipinski definition) is 1. The molecule has 192 valence electrons. The van der Waals surface area contributed by atoms with Crippen LogP contribution < -0.4 is 15.1 Å². The summed E-state index contributed by atoms with van der Waals surface area (Å²) >= 11 is 7.37. The molecule has 0 bridgehead atoms. The van der Waals surface area contributed by atoms with Gasteiger partial charge in [0.15, 0.2) is 17.3 Å². The third-order valence-electron chi connectivity index (χ3n) is 6.53. The Balaban J connectivity index is 1.32. The number of ether oxygens (including phenoxy) is 2. The number of fused-ring (bicyclic) bond motifs is 2. The summed E-state index contributed by atoms with van der Waals surface area (Å²) in [6, 6.07) is 17.7. The van der Waals surface area contributed by atoms with E-state index in [2.05, 4.69) is 10.1 Å².